The highest BCUT2D eigenvalue weighted by molar-refractivity contribution is 9.11. The summed E-state index contributed by atoms with van der Waals surface area (Å²) in [6, 6.07) is 1.94. The molecule has 1 saturated heterocycles. The summed E-state index contributed by atoms with van der Waals surface area (Å²) >= 11 is 6.81. The Hall–Kier alpha value is 0.0900. The Morgan fingerprint density at radius 1 is 1.60 bits per heavy atom. The molecule has 2 rings (SSSR count). The van der Waals surface area contributed by atoms with Crippen LogP contribution >= 0.6 is 31.9 Å². The zero-order valence-corrected chi connectivity index (χ0v) is 11.7. The summed E-state index contributed by atoms with van der Waals surface area (Å²) in [5.74, 6) is 0. The van der Waals surface area contributed by atoms with Crippen LogP contribution in [0.2, 0.25) is 0 Å². The van der Waals surface area contributed by atoms with Gasteiger partial charge in [-0.3, -0.25) is 4.68 Å². The summed E-state index contributed by atoms with van der Waals surface area (Å²) in [7, 11) is 2.11. The van der Waals surface area contributed by atoms with E-state index in [2.05, 4.69) is 48.9 Å². The van der Waals surface area contributed by atoms with E-state index in [4.69, 9.17) is 4.74 Å². The first kappa shape index (κ1) is 11.6. The lowest BCUT2D eigenvalue weighted by molar-refractivity contribution is -0.0293. The van der Waals surface area contributed by atoms with Crippen LogP contribution in [-0.2, 0) is 11.3 Å². The fourth-order valence-corrected chi connectivity index (χ4v) is 2.82. The van der Waals surface area contributed by atoms with Crippen LogP contribution in [0.5, 0.6) is 0 Å². The van der Waals surface area contributed by atoms with Crippen molar-refractivity contribution in [2.45, 2.75) is 12.6 Å². The molecule has 0 N–H and O–H groups in total. The Labute approximate surface area is 106 Å². The van der Waals surface area contributed by atoms with Crippen LogP contribution < -0.4 is 0 Å². The van der Waals surface area contributed by atoms with Gasteiger partial charge in [-0.1, -0.05) is 0 Å². The minimum absolute atomic E-state index is 0.229. The zero-order chi connectivity index (χ0) is 10.8. The monoisotopic (exact) mass is 337 g/mol. The lowest BCUT2D eigenvalue weighted by atomic mass is 10.3. The molecule has 1 unspecified atom stereocenters. The molecular weight excluding hydrogens is 326 g/mol. The largest absolute Gasteiger partial charge is 0.374 e. The first-order valence-electron chi connectivity index (χ1n) is 4.84. The summed E-state index contributed by atoms with van der Waals surface area (Å²) in [5.41, 5.74) is 0. The molecule has 6 heteroatoms. The average Bonchev–Trinajstić information content (AvgIpc) is 2.45. The van der Waals surface area contributed by atoms with Crippen molar-refractivity contribution in [1.29, 1.82) is 0 Å². The predicted molar refractivity (Wildman–Crippen MR) is 64.9 cm³/mol. The van der Waals surface area contributed by atoms with Crippen LogP contribution in [0.3, 0.4) is 0 Å². The SMILES string of the molecule is CN1CCOC(Cn2nc(Br)cc2Br)C1. The summed E-state index contributed by atoms with van der Waals surface area (Å²) in [5, 5.41) is 4.32. The molecule has 0 amide bonds. The maximum Gasteiger partial charge on any atom is 0.129 e. The molecule has 1 aliphatic heterocycles. The molecule has 0 aromatic carbocycles. The molecule has 15 heavy (non-hydrogen) atoms. The molecular formula is C9H13Br2N3O. The molecule has 0 radical (unpaired) electrons. The topological polar surface area (TPSA) is 30.3 Å². The average molecular weight is 339 g/mol. The van der Waals surface area contributed by atoms with Crippen molar-refractivity contribution in [3.8, 4) is 0 Å². The predicted octanol–water partition coefficient (Wildman–Crippen LogP) is 1.74. The van der Waals surface area contributed by atoms with Crippen LogP contribution in [0.4, 0.5) is 0 Å². The highest BCUT2D eigenvalue weighted by atomic mass is 79.9. The van der Waals surface area contributed by atoms with E-state index in [0.717, 1.165) is 35.4 Å². The van der Waals surface area contributed by atoms with Gasteiger partial charge in [-0.2, -0.15) is 5.10 Å². The van der Waals surface area contributed by atoms with Gasteiger partial charge in [0.15, 0.2) is 0 Å². The van der Waals surface area contributed by atoms with Gasteiger partial charge in [0.05, 0.1) is 19.3 Å². The van der Waals surface area contributed by atoms with Gasteiger partial charge < -0.3 is 9.64 Å². The van der Waals surface area contributed by atoms with Crippen molar-refractivity contribution in [3.63, 3.8) is 0 Å². The van der Waals surface area contributed by atoms with E-state index in [-0.39, 0.29) is 6.10 Å². The number of hydrogen-bond donors (Lipinski definition) is 0. The number of nitrogens with zero attached hydrogens (tertiary/aromatic N) is 3. The number of halogens is 2. The Balaban J connectivity index is 1.99. The van der Waals surface area contributed by atoms with Crippen LogP contribution in [0.15, 0.2) is 15.3 Å². The molecule has 0 spiro atoms. The van der Waals surface area contributed by atoms with Crippen molar-refractivity contribution in [3.05, 3.63) is 15.3 Å². The molecule has 1 aliphatic rings. The van der Waals surface area contributed by atoms with Crippen molar-refractivity contribution in [1.82, 2.24) is 14.7 Å². The summed E-state index contributed by atoms with van der Waals surface area (Å²) in [4.78, 5) is 2.28. The smallest absolute Gasteiger partial charge is 0.129 e. The summed E-state index contributed by atoms with van der Waals surface area (Å²) in [6.07, 6.45) is 0.229. The van der Waals surface area contributed by atoms with Crippen LogP contribution in [0, 0.1) is 0 Å². The van der Waals surface area contributed by atoms with E-state index in [1.165, 1.54) is 0 Å². The second kappa shape index (κ2) is 4.95. The first-order valence-corrected chi connectivity index (χ1v) is 6.43. The normalized spacial score (nSPS) is 23.3. The maximum atomic E-state index is 5.68. The van der Waals surface area contributed by atoms with E-state index >= 15 is 0 Å². The van der Waals surface area contributed by atoms with Crippen LogP contribution in [0.25, 0.3) is 0 Å². The van der Waals surface area contributed by atoms with E-state index < -0.39 is 0 Å². The second-order valence-electron chi connectivity index (χ2n) is 3.73. The minimum atomic E-state index is 0.229. The van der Waals surface area contributed by atoms with Crippen molar-refractivity contribution < 1.29 is 4.74 Å². The molecule has 0 saturated carbocycles. The Morgan fingerprint density at radius 2 is 2.40 bits per heavy atom. The number of aromatic nitrogens is 2. The van der Waals surface area contributed by atoms with E-state index in [9.17, 15) is 0 Å². The van der Waals surface area contributed by atoms with Gasteiger partial charge >= 0.3 is 0 Å². The first-order chi connectivity index (χ1) is 7.15. The van der Waals surface area contributed by atoms with Crippen molar-refractivity contribution in [2.24, 2.45) is 0 Å². The zero-order valence-electron chi connectivity index (χ0n) is 8.49. The molecule has 4 nitrogen and oxygen atoms in total. The molecule has 1 aromatic rings. The van der Waals surface area contributed by atoms with Crippen LogP contribution in [-0.4, -0.2) is 47.5 Å². The standard InChI is InChI=1S/C9H13Br2N3O/c1-13-2-3-15-7(5-13)6-14-9(11)4-8(10)12-14/h4,7H,2-3,5-6H2,1H3. The number of ether oxygens (including phenoxy) is 1. The molecule has 1 aromatic heterocycles. The number of rotatable bonds is 2. The fourth-order valence-electron chi connectivity index (χ4n) is 1.66. The molecule has 1 atom stereocenters. The quantitative estimate of drug-likeness (QED) is 0.822. The molecule has 84 valence electrons. The lowest BCUT2D eigenvalue weighted by Gasteiger charge is -2.30. The minimum Gasteiger partial charge on any atom is -0.374 e. The van der Waals surface area contributed by atoms with Gasteiger partial charge in [-0.05, 0) is 38.9 Å². The van der Waals surface area contributed by atoms with Gasteiger partial charge in [0, 0.05) is 19.2 Å². The summed E-state index contributed by atoms with van der Waals surface area (Å²) in [6.45, 7) is 3.57. The van der Waals surface area contributed by atoms with E-state index in [1.807, 2.05) is 10.7 Å². The van der Waals surface area contributed by atoms with E-state index in [1.54, 1.807) is 0 Å². The highest BCUT2D eigenvalue weighted by Crippen LogP contribution is 2.17. The Kier molecular flexibility index (Phi) is 3.82. The Bertz CT molecular complexity index is 342. The van der Waals surface area contributed by atoms with Crippen molar-refractivity contribution >= 4 is 31.9 Å². The molecule has 0 bridgehead atoms. The third-order valence-corrected chi connectivity index (χ3v) is 3.45. The van der Waals surface area contributed by atoms with Gasteiger partial charge in [0.1, 0.15) is 9.21 Å². The van der Waals surface area contributed by atoms with Gasteiger partial charge in [-0.15, -0.1) is 0 Å². The molecule has 1 fully saturated rings. The second-order valence-corrected chi connectivity index (χ2v) is 5.35. The fraction of sp³-hybridized carbons (Fsp3) is 0.667. The third kappa shape index (κ3) is 3.03. The van der Waals surface area contributed by atoms with Gasteiger partial charge in [0.2, 0.25) is 0 Å². The van der Waals surface area contributed by atoms with Gasteiger partial charge in [-0.25, -0.2) is 0 Å². The van der Waals surface area contributed by atoms with Gasteiger partial charge in [0.25, 0.3) is 0 Å². The number of likely N-dealkylation sites (N-methyl/N-ethyl adjacent to an activating group) is 1. The van der Waals surface area contributed by atoms with E-state index in [0.29, 0.717) is 0 Å². The Morgan fingerprint density at radius 3 is 3.00 bits per heavy atom. The number of hydrogen-bond acceptors (Lipinski definition) is 3. The molecule has 2 heterocycles. The highest BCUT2D eigenvalue weighted by Gasteiger charge is 2.19. The third-order valence-electron chi connectivity index (χ3n) is 2.42. The molecule has 0 aliphatic carbocycles. The maximum absolute atomic E-state index is 5.68. The summed E-state index contributed by atoms with van der Waals surface area (Å²) < 4.78 is 9.41. The number of morpholine rings is 1. The van der Waals surface area contributed by atoms with Crippen LogP contribution in [0.1, 0.15) is 0 Å². The lowest BCUT2D eigenvalue weighted by Crippen LogP contribution is -2.42. The van der Waals surface area contributed by atoms with Crippen molar-refractivity contribution in [2.75, 3.05) is 26.7 Å².